The molecule has 25 heavy (non-hydrogen) atoms. The Balaban J connectivity index is 1.83. The number of ether oxygens (including phenoxy) is 1. The molecule has 0 saturated carbocycles. The molecular formula is C16H20F3N3O3. The molecule has 1 aliphatic heterocycles. The van der Waals surface area contributed by atoms with E-state index in [1.165, 1.54) is 13.2 Å². The molecule has 0 atom stereocenters. The summed E-state index contributed by atoms with van der Waals surface area (Å²) >= 11 is 0. The van der Waals surface area contributed by atoms with E-state index in [1.807, 2.05) is 9.80 Å². The van der Waals surface area contributed by atoms with Gasteiger partial charge in [-0.15, -0.1) is 0 Å². The standard InChI is InChI=1S/C16H20F3N3O3/c1-25-15(24)10-20-14(23)11-21-5-7-22(8-6-21)13-4-2-3-12(9-13)16(17,18)19/h2-4,9H,5-8,10-11H2,1H3,(H,20,23). The fraction of sp³-hybridized carbons (Fsp3) is 0.500. The Bertz CT molecular complexity index is 614. The molecule has 2 rings (SSSR count). The van der Waals surface area contributed by atoms with Gasteiger partial charge in [0.05, 0.1) is 19.2 Å². The van der Waals surface area contributed by atoms with E-state index in [4.69, 9.17) is 0 Å². The van der Waals surface area contributed by atoms with Crippen LogP contribution < -0.4 is 10.2 Å². The van der Waals surface area contributed by atoms with E-state index in [-0.39, 0.29) is 19.0 Å². The lowest BCUT2D eigenvalue weighted by molar-refractivity contribution is -0.141. The van der Waals surface area contributed by atoms with Gasteiger partial charge in [0.15, 0.2) is 0 Å². The molecule has 1 aromatic rings. The number of nitrogens with zero attached hydrogens (tertiary/aromatic N) is 2. The molecule has 0 unspecified atom stereocenters. The van der Waals surface area contributed by atoms with Gasteiger partial charge in [0.25, 0.3) is 0 Å². The molecule has 1 aliphatic rings. The van der Waals surface area contributed by atoms with Gasteiger partial charge in [0, 0.05) is 31.9 Å². The Morgan fingerprint density at radius 1 is 1.20 bits per heavy atom. The first-order chi connectivity index (χ1) is 11.8. The summed E-state index contributed by atoms with van der Waals surface area (Å²) in [4.78, 5) is 26.5. The van der Waals surface area contributed by atoms with Crippen molar-refractivity contribution in [3.8, 4) is 0 Å². The van der Waals surface area contributed by atoms with Crippen LogP contribution in [-0.2, 0) is 20.5 Å². The third-order valence-electron chi connectivity index (χ3n) is 3.94. The van der Waals surface area contributed by atoms with Gasteiger partial charge in [0.2, 0.25) is 5.91 Å². The number of nitrogens with one attached hydrogen (secondary N) is 1. The van der Waals surface area contributed by atoms with E-state index in [1.54, 1.807) is 6.07 Å². The molecule has 138 valence electrons. The zero-order valence-corrected chi connectivity index (χ0v) is 13.8. The fourth-order valence-electron chi connectivity index (χ4n) is 2.55. The maximum Gasteiger partial charge on any atom is 0.416 e. The van der Waals surface area contributed by atoms with Crippen LogP contribution in [0, 0.1) is 0 Å². The number of halogens is 3. The van der Waals surface area contributed by atoms with Crippen LogP contribution in [0.1, 0.15) is 5.56 Å². The largest absolute Gasteiger partial charge is 0.468 e. The first kappa shape index (κ1) is 19.0. The fourth-order valence-corrected chi connectivity index (χ4v) is 2.55. The Labute approximate surface area is 143 Å². The number of hydrogen-bond acceptors (Lipinski definition) is 5. The summed E-state index contributed by atoms with van der Waals surface area (Å²) in [5.41, 5.74) is -0.153. The number of esters is 1. The highest BCUT2D eigenvalue weighted by Gasteiger charge is 2.31. The Morgan fingerprint density at radius 3 is 2.48 bits per heavy atom. The van der Waals surface area contributed by atoms with Crippen molar-refractivity contribution in [2.24, 2.45) is 0 Å². The molecule has 1 fully saturated rings. The predicted molar refractivity (Wildman–Crippen MR) is 85.1 cm³/mol. The number of carbonyl (C=O) groups is 2. The summed E-state index contributed by atoms with van der Waals surface area (Å²) in [6.45, 7) is 2.08. The van der Waals surface area contributed by atoms with E-state index in [0.717, 1.165) is 12.1 Å². The van der Waals surface area contributed by atoms with E-state index in [0.29, 0.717) is 31.9 Å². The number of hydrogen-bond donors (Lipinski definition) is 1. The zero-order chi connectivity index (χ0) is 18.4. The van der Waals surface area contributed by atoms with Gasteiger partial charge >= 0.3 is 12.1 Å². The van der Waals surface area contributed by atoms with Crippen LogP contribution in [0.15, 0.2) is 24.3 Å². The average Bonchev–Trinajstić information content (AvgIpc) is 2.59. The average molecular weight is 359 g/mol. The lowest BCUT2D eigenvalue weighted by atomic mass is 10.1. The summed E-state index contributed by atoms with van der Waals surface area (Å²) in [6, 6.07) is 5.23. The molecule has 1 saturated heterocycles. The van der Waals surface area contributed by atoms with E-state index < -0.39 is 17.7 Å². The van der Waals surface area contributed by atoms with Gasteiger partial charge in [0.1, 0.15) is 6.54 Å². The predicted octanol–water partition coefficient (Wildman–Crippen LogP) is 1.12. The molecule has 1 amide bonds. The number of piperazine rings is 1. The second-order valence-electron chi connectivity index (χ2n) is 5.66. The van der Waals surface area contributed by atoms with Gasteiger partial charge in [-0.25, -0.2) is 0 Å². The van der Waals surface area contributed by atoms with Crippen LogP contribution in [0.2, 0.25) is 0 Å². The monoisotopic (exact) mass is 359 g/mol. The summed E-state index contributed by atoms with van der Waals surface area (Å²) in [6.07, 6.45) is -4.37. The molecule has 0 radical (unpaired) electrons. The lowest BCUT2D eigenvalue weighted by Gasteiger charge is -2.35. The number of anilines is 1. The molecule has 1 N–H and O–H groups in total. The van der Waals surface area contributed by atoms with Crippen molar-refractivity contribution in [2.75, 3.05) is 51.3 Å². The maximum atomic E-state index is 12.8. The highest BCUT2D eigenvalue weighted by atomic mass is 19.4. The molecule has 9 heteroatoms. The van der Waals surface area contributed by atoms with Crippen molar-refractivity contribution >= 4 is 17.6 Å². The van der Waals surface area contributed by atoms with Gasteiger partial charge in [-0.05, 0) is 18.2 Å². The van der Waals surface area contributed by atoms with Crippen LogP contribution in [0.4, 0.5) is 18.9 Å². The highest BCUT2D eigenvalue weighted by Crippen LogP contribution is 2.31. The second-order valence-corrected chi connectivity index (χ2v) is 5.66. The molecule has 0 spiro atoms. The van der Waals surface area contributed by atoms with Crippen LogP contribution in [-0.4, -0.2) is 63.2 Å². The molecule has 0 aliphatic carbocycles. The third kappa shape index (κ3) is 5.63. The van der Waals surface area contributed by atoms with Crippen molar-refractivity contribution in [3.63, 3.8) is 0 Å². The first-order valence-electron chi connectivity index (χ1n) is 7.77. The normalized spacial score (nSPS) is 15.8. The topological polar surface area (TPSA) is 61.9 Å². The first-order valence-corrected chi connectivity index (χ1v) is 7.77. The second kappa shape index (κ2) is 8.19. The molecule has 1 heterocycles. The van der Waals surface area contributed by atoms with Crippen molar-refractivity contribution in [1.29, 1.82) is 0 Å². The number of amides is 1. The minimum Gasteiger partial charge on any atom is -0.468 e. The molecule has 0 bridgehead atoms. The molecule has 6 nitrogen and oxygen atoms in total. The van der Waals surface area contributed by atoms with E-state index >= 15 is 0 Å². The lowest BCUT2D eigenvalue weighted by Crippen LogP contribution is -2.50. The van der Waals surface area contributed by atoms with Crippen molar-refractivity contribution in [2.45, 2.75) is 6.18 Å². The van der Waals surface area contributed by atoms with Crippen LogP contribution >= 0.6 is 0 Å². The van der Waals surface area contributed by atoms with Crippen molar-refractivity contribution < 1.29 is 27.5 Å². The van der Waals surface area contributed by atoms with Crippen molar-refractivity contribution in [3.05, 3.63) is 29.8 Å². The quantitative estimate of drug-likeness (QED) is 0.799. The smallest absolute Gasteiger partial charge is 0.416 e. The zero-order valence-electron chi connectivity index (χ0n) is 13.8. The van der Waals surface area contributed by atoms with Crippen LogP contribution in [0.5, 0.6) is 0 Å². The Kier molecular flexibility index (Phi) is 6.24. The van der Waals surface area contributed by atoms with E-state index in [2.05, 4.69) is 10.1 Å². The minimum absolute atomic E-state index is 0.132. The SMILES string of the molecule is COC(=O)CNC(=O)CN1CCN(c2cccc(C(F)(F)F)c2)CC1. The van der Waals surface area contributed by atoms with Gasteiger partial charge in [-0.2, -0.15) is 13.2 Å². The van der Waals surface area contributed by atoms with Gasteiger partial charge < -0.3 is 15.0 Å². The number of carbonyl (C=O) groups excluding carboxylic acids is 2. The summed E-state index contributed by atoms with van der Waals surface area (Å²) in [5, 5.41) is 2.45. The van der Waals surface area contributed by atoms with Crippen molar-refractivity contribution in [1.82, 2.24) is 10.2 Å². The van der Waals surface area contributed by atoms with Gasteiger partial charge in [-0.3, -0.25) is 14.5 Å². The summed E-state index contributed by atoms with van der Waals surface area (Å²) in [5.74, 6) is -0.819. The van der Waals surface area contributed by atoms with E-state index in [9.17, 15) is 22.8 Å². The summed E-state index contributed by atoms with van der Waals surface area (Å²) < 4.78 is 42.8. The van der Waals surface area contributed by atoms with Crippen LogP contribution in [0.25, 0.3) is 0 Å². The van der Waals surface area contributed by atoms with Crippen LogP contribution in [0.3, 0.4) is 0 Å². The third-order valence-corrected chi connectivity index (χ3v) is 3.94. The molecule has 0 aromatic heterocycles. The Morgan fingerprint density at radius 2 is 1.88 bits per heavy atom. The summed E-state index contributed by atoms with van der Waals surface area (Å²) in [7, 11) is 1.24. The Hall–Kier alpha value is -2.29. The number of benzene rings is 1. The number of rotatable bonds is 5. The highest BCUT2D eigenvalue weighted by molar-refractivity contribution is 5.83. The number of alkyl halides is 3. The van der Waals surface area contributed by atoms with Gasteiger partial charge in [-0.1, -0.05) is 6.07 Å². The minimum atomic E-state index is -4.37. The number of methoxy groups -OCH3 is 1. The molecular weight excluding hydrogens is 339 g/mol. The maximum absolute atomic E-state index is 12.8. The molecule has 1 aromatic carbocycles.